The SMILES string of the molecule is O=C(O)c1cn(-c2cc(Cl)nc(-c3ccc(Cl)cc3)n2)cn1. The summed E-state index contributed by atoms with van der Waals surface area (Å²) in [5.41, 5.74) is 0.662. The topological polar surface area (TPSA) is 80.9 Å². The van der Waals surface area contributed by atoms with Crippen molar-refractivity contribution in [3.63, 3.8) is 0 Å². The monoisotopic (exact) mass is 334 g/mol. The minimum Gasteiger partial charge on any atom is -0.476 e. The number of carboxylic acids is 1. The number of rotatable bonds is 3. The van der Waals surface area contributed by atoms with E-state index in [2.05, 4.69) is 15.0 Å². The summed E-state index contributed by atoms with van der Waals surface area (Å²) in [7, 11) is 0. The number of carbonyl (C=O) groups is 1. The molecule has 0 aliphatic carbocycles. The average molecular weight is 335 g/mol. The van der Waals surface area contributed by atoms with Crippen molar-refractivity contribution in [2.75, 3.05) is 0 Å². The van der Waals surface area contributed by atoms with Crippen LogP contribution < -0.4 is 0 Å². The molecule has 6 nitrogen and oxygen atoms in total. The van der Waals surface area contributed by atoms with Crippen molar-refractivity contribution < 1.29 is 9.90 Å². The Morgan fingerprint density at radius 3 is 2.50 bits per heavy atom. The number of hydrogen-bond donors (Lipinski definition) is 1. The van der Waals surface area contributed by atoms with Crippen molar-refractivity contribution in [1.29, 1.82) is 0 Å². The summed E-state index contributed by atoms with van der Waals surface area (Å²) in [5.74, 6) is -0.286. The van der Waals surface area contributed by atoms with Gasteiger partial charge in [-0.25, -0.2) is 19.7 Å². The molecule has 1 N–H and O–H groups in total. The van der Waals surface area contributed by atoms with Crippen molar-refractivity contribution in [2.45, 2.75) is 0 Å². The van der Waals surface area contributed by atoms with E-state index in [-0.39, 0.29) is 10.8 Å². The predicted molar refractivity (Wildman–Crippen MR) is 81.6 cm³/mol. The van der Waals surface area contributed by atoms with Gasteiger partial charge in [0.1, 0.15) is 17.3 Å². The van der Waals surface area contributed by atoms with E-state index in [1.807, 2.05) is 0 Å². The number of benzene rings is 1. The highest BCUT2D eigenvalue weighted by Crippen LogP contribution is 2.21. The van der Waals surface area contributed by atoms with Gasteiger partial charge in [0.05, 0.1) is 0 Å². The number of halogens is 2. The zero-order valence-electron chi connectivity index (χ0n) is 10.9. The molecule has 2 aromatic heterocycles. The van der Waals surface area contributed by atoms with Crippen molar-refractivity contribution in [3.05, 3.63) is 58.7 Å². The van der Waals surface area contributed by atoms with Gasteiger partial charge in [0.25, 0.3) is 0 Å². The molecule has 0 aliphatic heterocycles. The van der Waals surface area contributed by atoms with Crippen LogP contribution >= 0.6 is 23.2 Å². The second kappa shape index (κ2) is 5.75. The lowest BCUT2D eigenvalue weighted by Crippen LogP contribution is -2.00. The zero-order valence-corrected chi connectivity index (χ0v) is 12.5. The Bertz CT molecular complexity index is 846. The van der Waals surface area contributed by atoms with Crippen LogP contribution in [0.25, 0.3) is 17.2 Å². The van der Waals surface area contributed by atoms with Gasteiger partial charge in [-0.3, -0.25) is 4.57 Å². The van der Waals surface area contributed by atoms with E-state index in [0.29, 0.717) is 16.7 Å². The van der Waals surface area contributed by atoms with Gasteiger partial charge in [0.2, 0.25) is 0 Å². The van der Waals surface area contributed by atoms with Crippen molar-refractivity contribution in [1.82, 2.24) is 19.5 Å². The van der Waals surface area contributed by atoms with E-state index in [1.54, 1.807) is 24.3 Å². The van der Waals surface area contributed by atoms with Gasteiger partial charge < -0.3 is 5.11 Å². The first kappa shape index (κ1) is 14.5. The largest absolute Gasteiger partial charge is 0.476 e. The summed E-state index contributed by atoms with van der Waals surface area (Å²) < 4.78 is 1.47. The van der Waals surface area contributed by atoms with E-state index in [9.17, 15) is 4.79 Å². The summed E-state index contributed by atoms with van der Waals surface area (Å²) in [6.45, 7) is 0. The Kier molecular flexibility index (Phi) is 3.79. The predicted octanol–water partition coefficient (Wildman–Crippen LogP) is 3.33. The molecule has 2 heterocycles. The summed E-state index contributed by atoms with van der Waals surface area (Å²) in [4.78, 5) is 23.2. The van der Waals surface area contributed by atoms with E-state index < -0.39 is 5.97 Å². The molecule has 0 amide bonds. The minimum absolute atomic E-state index is 0.0808. The molecule has 1 aromatic carbocycles. The molecular formula is C14H8Cl2N4O2. The summed E-state index contributed by atoms with van der Waals surface area (Å²) in [6, 6.07) is 8.51. The average Bonchev–Trinajstić information content (AvgIpc) is 2.97. The highest BCUT2D eigenvalue weighted by molar-refractivity contribution is 6.30. The van der Waals surface area contributed by atoms with Crippen LogP contribution in [0, 0.1) is 0 Å². The summed E-state index contributed by atoms with van der Waals surface area (Å²) in [6.07, 6.45) is 2.71. The van der Waals surface area contributed by atoms with Crippen LogP contribution in [0.3, 0.4) is 0 Å². The highest BCUT2D eigenvalue weighted by atomic mass is 35.5. The molecule has 0 atom stereocenters. The molecule has 0 saturated heterocycles. The number of aromatic nitrogens is 4. The Labute approximate surface area is 135 Å². The summed E-state index contributed by atoms with van der Waals surface area (Å²) >= 11 is 11.9. The van der Waals surface area contributed by atoms with Crippen molar-refractivity contribution >= 4 is 29.2 Å². The molecular weight excluding hydrogens is 327 g/mol. The van der Waals surface area contributed by atoms with Crippen LogP contribution in [0.4, 0.5) is 0 Å². The zero-order chi connectivity index (χ0) is 15.7. The Balaban J connectivity index is 2.05. The van der Waals surface area contributed by atoms with Crippen LogP contribution in [0.15, 0.2) is 42.9 Å². The van der Waals surface area contributed by atoms with Crippen molar-refractivity contribution in [3.8, 4) is 17.2 Å². The second-order valence-corrected chi connectivity index (χ2v) is 5.17. The number of imidazole rings is 1. The lowest BCUT2D eigenvalue weighted by molar-refractivity contribution is 0.0691. The molecule has 0 aliphatic rings. The molecule has 0 spiro atoms. The van der Waals surface area contributed by atoms with Crippen LogP contribution in [-0.4, -0.2) is 30.6 Å². The van der Waals surface area contributed by atoms with Gasteiger partial charge in [-0.1, -0.05) is 23.2 Å². The minimum atomic E-state index is -1.11. The molecule has 3 aromatic rings. The Morgan fingerprint density at radius 1 is 1.14 bits per heavy atom. The highest BCUT2D eigenvalue weighted by Gasteiger charge is 2.11. The van der Waals surface area contributed by atoms with Crippen LogP contribution in [-0.2, 0) is 0 Å². The van der Waals surface area contributed by atoms with E-state index in [1.165, 1.54) is 23.2 Å². The standard InChI is InChI=1S/C14H8Cl2N4O2/c15-9-3-1-8(2-4-9)13-18-11(16)5-12(19-13)20-6-10(14(21)22)17-7-20/h1-7H,(H,21,22). The maximum atomic E-state index is 10.9. The van der Waals surface area contributed by atoms with Crippen LogP contribution in [0.5, 0.6) is 0 Å². The van der Waals surface area contributed by atoms with E-state index >= 15 is 0 Å². The smallest absolute Gasteiger partial charge is 0.356 e. The molecule has 0 fully saturated rings. The van der Waals surface area contributed by atoms with Gasteiger partial charge in [0.15, 0.2) is 11.5 Å². The van der Waals surface area contributed by atoms with Crippen LogP contribution in [0.2, 0.25) is 10.2 Å². The number of hydrogen-bond acceptors (Lipinski definition) is 4. The van der Waals surface area contributed by atoms with Gasteiger partial charge in [-0.05, 0) is 24.3 Å². The molecule has 0 radical (unpaired) electrons. The fourth-order valence-corrected chi connectivity index (χ4v) is 2.13. The molecule has 0 bridgehead atoms. The lowest BCUT2D eigenvalue weighted by Gasteiger charge is -2.05. The molecule has 0 unspecified atom stereocenters. The Morgan fingerprint density at radius 2 is 1.86 bits per heavy atom. The van der Waals surface area contributed by atoms with E-state index in [4.69, 9.17) is 28.3 Å². The van der Waals surface area contributed by atoms with Gasteiger partial charge in [0, 0.05) is 22.8 Å². The van der Waals surface area contributed by atoms with Gasteiger partial charge in [-0.15, -0.1) is 0 Å². The maximum absolute atomic E-state index is 10.9. The fourth-order valence-electron chi connectivity index (χ4n) is 1.82. The molecule has 0 saturated carbocycles. The third-order valence-electron chi connectivity index (χ3n) is 2.85. The van der Waals surface area contributed by atoms with Crippen LogP contribution in [0.1, 0.15) is 10.5 Å². The van der Waals surface area contributed by atoms with Gasteiger partial charge in [-0.2, -0.15) is 0 Å². The Hall–Kier alpha value is -2.44. The summed E-state index contributed by atoms with van der Waals surface area (Å²) in [5, 5.41) is 9.75. The number of aromatic carboxylic acids is 1. The fraction of sp³-hybridized carbons (Fsp3) is 0. The number of nitrogens with zero attached hydrogens (tertiary/aromatic N) is 4. The lowest BCUT2D eigenvalue weighted by atomic mass is 10.2. The molecule has 8 heteroatoms. The third-order valence-corrected chi connectivity index (χ3v) is 3.30. The normalized spacial score (nSPS) is 10.6. The molecule has 110 valence electrons. The quantitative estimate of drug-likeness (QED) is 0.743. The first-order valence-corrected chi connectivity index (χ1v) is 6.87. The molecule has 22 heavy (non-hydrogen) atoms. The second-order valence-electron chi connectivity index (χ2n) is 4.35. The first-order valence-electron chi connectivity index (χ1n) is 6.11. The first-order chi connectivity index (χ1) is 10.5. The van der Waals surface area contributed by atoms with Gasteiger partial charge >= 0.3 is 5.97 Å². The number of carboxylic acid groups (broad SMARTS) is 1. The van der Waals surface area contributed by atoms with Crippen molar-refractivity contribution in [2.24, 2.45) is 0 Å². The maximum Gasteiger partial charge on any atom is 0.356 e. The van der Waals surface area contributed by atoms with E-state index in [0.717, 1.165) is 5.56 Å². The third kappa shape index (κ3) is 2.93. The molecule has 3 rings (SSSR count).